The SMILES string of the molecule is Cc1ccc(-c2cnc(CN=C(N)Nc3ccccc3)o2)cc1. The summed E-state index contributed by atoms with van der Waals surface area (Å²) in [5.41, 5.74) is 8.95. The molecule has 1 heterocycles. The van der Waals surface area contributed by atoms with E-state index in [1.165, 1.54) is 5.56 Å². The Morgan fingerprint density at radius 3 is 2.61 bits per heavy atom. The first kappa shape index (κ1) is 14.8. The number of nitrogens with two attached hydrogens (primary N) is 1. The number of aryl methyl sites for hydroxylation is 1. The van der Waals surface area contributed by atoms with E-state index in [0.29, 0.717) is 11.9 Å². The summed E-state index contributed by atoms with van der Waals surface area (Å²) in [5.74, 6) is 1.58. The molecule has 0 spiro atoms. The van der Waals surface area contributed by atoms with Crippen LogP contribution >= 0.6 is 0 Å². The van der Waals surface area contributed by atoms with E-state index in [4.69, 9.17) is 10.2 Å². The highest BCUT2D eigenvalue weighted by Gasteiger charge is 2.06. The summed E-state index contributed by atoms with van der Waals surface area (Å²) in [5, 5.41) is 3.02. The van der Waals surface area contributed by atoms with Gasteiger partial charge in [-0.1, -0.05) is 48.0 Å². The van der Waals surface area contributed by atoms with Gasteiger partial charge in [0.05, 0.1) is 6.20 Å². The normalized spacial score (nSPS) is 11.4. The molecule has 5 nitrogen and oxygen atoms in total. The molecule has 0 amide bonds. The van der Waals surface area contributed by atoms with Gasteiger partial charge in [0, 0.05) is 11.3 Å². The molecule has 0 bridgehead atoms. The van der Waals surface area contributed by atoms with E-state index in [-0.39, 0.29) is 6.54 Å². The maximum Gasteiger partial charge on any atom is 0.216 e. The lowest BCUT2D eigenvalue weighted by atomic mass is 10.1. The van der Waals surface area contributed by atoms with Gasteiger partial charge in [0.1, 0.15) is 6.54 Å². The van der Waals surface area contributed by atoms with Gasteiger partial charge in [-0.05, 0) is 19.1 Å². The van der Waals surface area contributed by atoms with Crippen molar-refractivity contribution in [3.8, 4) is 11.3 Å². The van der Waals surface area contributed by atoms with E-state index in [1.54, 1.807) is 6.20 Å². The van der Waals surface area contributed by atoms with Crippen molar-refractivity contribution < 1.29 is 4.42 Å². The number of para-hydroxylation sites is 1. The second kappa shape index (κ2) is 6.79. The molecule has 0 aliphatic heterocycles. The van der Waals surface area contributed by atoms with Gasteiger partial charge in [-0.3, -0.25) is 0 Å². The molecular formula is C18H18N4O. The maximum atomic E-state index is 5.86. The number of benzene rings is 2. The van der Waals surface area contributed by atoms with Gasteiger partial charge in [0.2, 0.25) is 5.89 Å². The van der Waals surface area contributed by atoms with Gasteiger partial charge < -0.3 is 15.5 Å². The monoisotopic (exact) mass is 306 g/mol. The van der Waals surface area contributed by atoms with E-state index in [0.717, 1.165) is 17.0 Å². The molecule has 0 atom stereocenters. The third kappa shape index (κ3) is 3.97. The molecule has 0 unspecified atom stereocenters. The van der Waals surface area contributed by atoms with Crippen LogP contribution in [0.1, 0.15) is 11.5 Å². The van der Waals surface area contributed by atoms with Crippen LogP contribution in [0.3, 0.4) is 0 Å². The molecule has 1 aromatic heterocycles. The van der Waals surface area contributed by atoms with Crippen LogP contribution in [-0.4, -0.2) is 10.9 Å². The van der Waals surface area contributed by atoms with E-state index in [9.17, 15) is 0 Å². The first-order chi connectivity index (χ1) is 11.2. The molecule has 3 rings (SSSR count). The Morgan fingerprint density at radius 2 is 1.87 bits per heavy atom. The Morgan fingerprint density at radius 1 is 1.13 bits per heavy atom. The zero-order valence-corrected chi connectivity index (χ0v) is 12.9. The Balaban J connectivity index is 1.64. The fourth-order valence-corrected chi connectivity index (χ4v) is 2.10. The van der Waals surface area contributed by atoms with Crippen LogP contribution in [0.2, 0.25) is 0 Å². The van der Waals surface area contributed by atoms with Gasteiger partial charge in [-0.25, -0.2) is 9.98 Å². The Labute approximate surface area is 134 Å². The minimum atomic E-state index is 0.289. The fourth-order valence-electron chi connectivity index (χ4n) is 2.10. The average Bonchev–Trinajstić information content (AvgIpc) is 3.04. The summed E-state index contributed by atoms with van der Waals surface area (Å²) in [4.78, 5) is 8.47. The van der Waals surface area contributed by atoms with E-state index < -0.39 is 0 Å². The lowest BCUT2D eigenvalue weighted by Gasteiger charge is -2.04. The lowest BCUT2D eigenvalue weighted by Crippen LogP contribution is -2.22. The van der Waals surface area contributed by atoms with Gasteiger partial charge in [0.25, 0.3) is 0 Å². The molecule has 0 radical (unpaired) electrons. The molecule has 0 fully saturated rings. The number of oxazole rings is 1. The van der Waals surface area contributed by atoms with Crippen molar-refractivity contribution in [3.05, 3.63) is 72.2 Å². The van der Waals surface area contributed by atoms with Gasteiger partial charge >= 0.3 is 0 Å². The maximum absolute atomic E-state index is 5.86. The molecule has 3 N–H and O–H groups in total. The van der Waals surface area contributed by atoms with Crippen LogP contribution in [0.4, 0.5) is 5.69 Å². The third-order valence-electron chi connectivity index (χ3n) is 3.32. The number of nitrogens with zero attached hydrogens (tertiary/aromatic N) is 2. The number of aromatic nitrogens is 1. The Hall–Kier alpha value is -3.08. The minimum absolute atomic E-state index is 0.289. The van der Waals surface area contributed by atoms with Crippen molar-refractivity contribution in [2.45, 2.75) is 13.5 Å². The van der Waals surface area contributed by atoms with Crippen LogP contribution in [0.5, 0.6) is 0 Å². The predicted octanol–water partition coefficient (Wildman–Crippen LogP) is 3.58. The highest BCUT2D eigenvalue weighted by molar-refractivity contribution is 5.92. The van der Waals surface area contributed by atoms with Gasteiger partial charge in [-0.2, -0.15) is 0 Å². The smallest absolute Gasteiger partial charge is 0.216 e. The standard InChI is InChI=1S/C18H18N4O/c1-13-7-9-14(10-8-13)16-11-20-17(23-16)12-21-18(19)22-15-5-3-2-4-6-15/h2-11H,12H2,1H3,(H3,19,21,22). The Bertz CT molecular complexity index is 791. The quantitative estimate of drug-likeness (QED) is 0.570. The van der Waals surface area contributed by atoms with Crippen LogP contribution in [-0.2, 0) is 6.54 Å². The first-order valence-electron chi connectivity index (χ1n) is 7.34. The number of hydrogen-bond acceptors (Lipinski definition) is 3. The van der Waals surface area contributed by atoms with Crippen molar-refractivity contribution in [3.63, 3.8) is 0 Å². The number of aliphatic imine (C=N–C) groups is 1. The molecule has 5 heteroatoms. The van der Waals surface area contributed by atoms with Crippen LogP contribution < -0.4 is 11.1 Å². The van der Waals surface area contributed by atoms with Gasteiger partial charge in [-0.15, -0.1) is 0 Å². The number of rotatable bonds is 4. The summed E-state index contributed by atoms with van der Waals surface area (Å²) in [7, 11) is 0. The predicted molar refractivity (Wildman–Crippen MR) is 92.1 cm³/mol. The van der Waals surface area contributed by atoms with Crippen molar-refractivity contribution >= 4 is 11.6 Å². The molecule has 2 aromatic carbocycles. The summed E-state index contributed by atoms with van der Waals surface area (Å²) >= 11 is 0. The zero-order valence-electron chi connectivity index (χ0n) is 12.9. The van der Waals surface area contributed by atoms with E-state index in [1.807, 2.05) is 61.5 Å². The molecule has 3 aromatic rings. The highest BCUT2D eigenvalue weighted by Crippen LogP contribution is 2.21. The van der Waals surface area contributed by atoms with E-state index in [2.05, 4.69) is 15.3 Å². The number of guanidine groups is 1. The van der Waals surface area contributed by atoms with Crippen molar-refractivity contribution in [2.75, 3.05) is 5.32 Å². The highest BCUT2D eigenvalue weighted by atomic mass is 16.4. The molecule has 116 valence electrons. The van der Waals surface area contributed by atoms with Gasteiger partial charge in [0.15, 0.2) is 11.7 Å². The third-order valence-corrected chi connectivity index (χ3v) is 3.32. The average molecular weight is 306 g/mol. The Kier molecular flexibility index (Phi) is 4.38. The number of anilines is 1. The lowest BCUT2D eigenvalue weighted by molar-refractivity contribution is 0.510. The molecule has 0 saturated carbocycles. The van der Waals surface area contributed by atoms with E-state index >= 15 is 0 Å². The minimum Gasteiger partial charge on any atom is -0.439 e. The zero-order chi connectivity index (χ0) is 16.1. The number of nitrogens with one attached hydrogen (secondary N) is 1. The van der Waals surface area contributed by atoms with Crippen molar-refractivity contribution in [1.82, 2.24) is 4.98 Å². The van der Waals surface area contributed by atoms with Crippen LogP contribution in [0.15, 0.2) is 70.2 Å². The molecular weight excluding hydrogens is 288 g/mol. The second-order valence-electron chi connectivity index (χ2n) is 5.18. The van der Waals surface area contributed by atoms with Crippen LogP contribution in [0.25, 0.3) is 11.3 Å². The van der Waals surface area contributed by atoms with Crippen LogP contribution in [0, 0.1) is 6.92 Å². The summed E-state index contributed by atoms with van der Waals surface area (Å²) < 4.78 is 5.71. The fraction of sp³-hybridized carbons (Fsp3) is 0.111. The summed E-state index contributed by atoms with van der Waals surface area (Å²) in [6.45, 7) is 2.34. The largest absolute Gasteiger partial charge is 0.439 e. The topological polar surface area (TPSA) is 76.4 Å². The van der Waals surface area contributed by atoms with Crippen molar-refractivity contribution in [2.24, 2.45) is 10.7 Å². The number of hydrogen-bond donors (Lipinski definition) is 2. The molecule has 0 aliphatic carbocycles. The second-order valence-corrected chi connectivity index (χ2v) is 5.18. The molecule has 0 aliphatic rings. The van der Waals surface area contributed by atoms with Crippen molar-refractivity contribution in [1.29, 1.82) is 0 Å². The molecule has 0 saturated heterocycles. The first-order valence-corrected chi connectivity index (χ1v) is 7.34. The molecule has 23 heavy (non-hydrogen) atoms. The summed E-state index contributed by atoms with van der Waals surface area (Å²) in [6, 6.07) is 17.7. The summed E-state index contributed by atoms with van der Waals surface area (Å²) in [6.07, 6.45) is 1.70.